The summed E-state index contributed by atoms with van der Waals surface area (Å²) in [7, 11) is 0. The fraction of sp³-hybridized carbons (Fsp3) is 0.0238. The molecule has 10 rings (SSSR count). The molecule has 0 saturated carbocycles. The van der Waals surface area contributed by atoms with Crippen molar-refractivity contribution in [1.82, 2.24) is 4.98 Å². The monoisotopic (exact) mass is 637 g/mol. The van der Waals surface area contributed by atoms with Crippen molar-refractivity contribution in [1.29, 1.82) is 0 Å². The van der Waals surface area contributed by atoms with Crippen LogP contribution in [0.5, 0.6) is 5.75 Å². The molecule has 1 N–H and O–H groups in total. The molecule has 228 valence electrons. The van der Waals surface area contributed by atoms with Crippen LogP contribution in [-0.2, 0) is 0 Å². The van der Waals surface area contributed by atoms with E-state index in [0.717, 1.165) is 60.5 Å². The third-order valence-corrected chi connectivity index (χ3v) is 10.2. The Morgan fingerprint density at radius 3 is 2.21 bits per heavy atom. The van der Waals surface area contributed by atoms with Gasteiger partial charge in [-0.1, -0.05) is 90.6 Å². The highest BCUT2D eigenvalue weighted by Crippen LogP contribution is 2.53. The number of fused-ring (bicyclic) bond motifs is 5. The van der Waals surface area contributed by atoms with Gasteiger partial charge in [-0.15, -0.1) is 0 Å². The first-order valence-corrected chi connectivity index (χ1v) is 16.8. The van der Waals surface area contributed by atoms with Crippen LogP contribution >= 0.6 is 11.8 Å². The topological polar surface area (TPSA) is 50.5 Å². The highest BCUT2D eigenvalue weighted by molar-refractivity contribution is 7.99. The smallest absolute Gasteiger partial charge is 0.227 e. The van der Waals surface area contributed by atoms with Crippen LogP contribution < -0.4 is 15.0 Å². The van der Waals surface area contributed by atoms with E-state index in [4.69, 9.17) is 14.1 Å². The Bertz CT molecular complexity index is 2470. The van der Waals surface area contributed by atoms with Gasteiger partial charge in [-0.2, -0.15) is 0 Å². The number of oxazole rings is 1. The van der Waals surface area contributed by atoms with Gasteiger partial charge in [0.05, 0.1) is 17.1 Å². The standard InChI is InChI=1S/C42H27N3O2S/c1-2-8-28-23-29(14-13-26(28)7-1)27-15-19-32(20-16-27)45-35-21-17-30(41-43-33-9-3-5-11-37(33)46-41)24-39(35)48-40-25-31(18-22-36(40)45)42-44-34-10-4-6-12-38(34)47-42/h1-25,41,43H. The van der Waals surface area contributed by atoms with E-state index in [0.29, 0.717) is 5.89 Å². The Morgan fingerprint density at radius 2 is 1.33 bits per heavy atom. The summed E-state index contributed by atoms with van der Waals surface area (Å²) in [5.74, 6) is 1.49. The number of anilines is 4. The predicted molar refractivity (Wildman–Crippen MR) is 195 cm³/mol. The van der Waals surface area contributed by atoms with E-state index < -0.39 is 0 Å². The number of hydrogen-bond donors (Lipinski definition) is 1. The first-order chi connectivity index (χ1) is 23.7. The number of nitrogens with one attached hydrogen (secondary N) is 1. The van der Waals surface area contributed by atoms with E-state index in [1.807, 2.05) is 42.5 Å². The second kappa shape index (κ2) is 10.8. The molecule has 1 atom stereocenters. The molecular formula is C42H27N3O2S. The Balaban J connectivity index is 1.06. The van der Waals surface area contributed by atoms with Gasteiger partial charge in [0.2, 0.25) is 5.89 Å². The summed E-state index contributed by atoms with van der Waals surface area (Å²) in [6.45, 7) is 0. The third-order valence-electron chi connectivity index (χ3n) is 9.12. The molecule has 1 unspecified atom stereocenters. The van der Waals surface area contributed by atoms with Crippen molar-refractivity contribution in [3.8, 4) is 28.3 Å². The number of para-hydroxylation sites is 4. The Kier molecular flexibility index (Phi) is 6.11. The van der Waals surface area contributed by atoms with Gasteiger partial charge in [0.25, 0.3) is 0 Å². The van der Waals surface area contributed by atoms with Crippen molar-refractivity contribution in [2.45, 2.75) is 16.0 Å². The molecule has 0 bridgehead atoms. The van der Waals surface area contributed by atoms with Crippen molar-refractivity contribution < 1.29 is 9.15 Å². The zero-order chi connectivity index (χ0) is 31.6. The maximum atomic E-state index is 6.30. The number of benzene rings is 7. The number of rotatable bonds is 4. The van der Waals surface area contributed by atoms with E-state index in [9.17, 15) is 0 Å². The molecule has 0 spiro atoms. The Morgan fingerprint density at radius 1 is 0.604 bits per heavy atom. The van der Waals surface area contributed by atoms with E-state index >= 15 is 0 Å². The van der Waals surface area contributed by atoms with Crippen molar-refractivity contribution in [3.63, 3.8) is 0 Å². The van der Waals surface area contributed by atoms with Crippen LogP contribution in [0.4, 0.5) is 22.7 Å². The van der Waals surface area contributed by atoms with Crippen molar-refractivity contribution in [2.75, 3.05) is 10.2 Å². The minimum absolute atomic E-state index is 0.254. The summed E-state index contributed by atoms with van der Waals surface area (Å²) in [4.78, 5) is 9.41. The first kappa shape index (κ1) is 27.2. The molecule has 48 heavy (non-hydrogen) atoms. The molecule has 8 aromatic rings. The maximum Gasteiger partial charge on any atom is 0.227 e. The number of hydrogen-bond acceptors (Lipinski definition) is 6. The summed E-state index contributed by atoms with van der Waals surface area (Å²) in [6.07, 6.45) is -0.254. The average Bonchev–Trinajstić information content (AvgIpc) is 3.78. The largest absolute Gasteiger partial charge is 0.464 e. The molecule has 3 heterocycles. The number of nitrogens with zero attached hydrogens (tertiary/aromatic N) is 2. The lowest BCUT2D eigenvalue weighted by atomic mass is 10.0. The van der Waals surface area contributed by atoms with Gasteiger partial charge in [0.15, 0.2) is 11.8 Å². The second-order valence-electron chi connectivity index (χ2n) is 12.1. The summed E-state index contributed by atoms with van der Waals surface area (Å²) in [5, 5.41) is 6.02. The minimum atomic E-state index is -0.254. The molecule has 5 nitrogen and oxygen atoms in total. The Labute approximate surface area is 281 Å². The minimum Gasteiger partial charge on any atom is -0.464 e. The average molecular weight is 638 g/mol. The summed E-state index contributed by atoms with van der Waals surface area (Å²) in [6, 6.07) is 53.1. The molecule has 1 aromatic heterocycles. The fourth-order valence-electron chi connectivity index (χ4n) is 6.71. The first-order valence-electron chi connectivity index (χ1n) is 16.0. The lowest BCUT2D eigenvalue weighted by Crippen LogP contribution is -2.16. The molecule has 2 aliphatic rings. The van der Waals surface area contributed by atoms with E-state index in [2.05, 4.69) is 119 Å². The van der Waals surface area contributed by atoms with Gasteiger partial charge in [0.1, 0.15) is 11.3 Å². The van der Waals surface area contributed by atoms with E-state index in [1.165, 1.54) is 21.9 Å². The molecule has 0 saturated heterocycles. The van der Waals surface area contributed by atoms with Crippen LogP contribution in [0.1, 0.15) is 11.8 Å². The Hall–Kier alpha value is -5.98. The van der Waals surface area contributed by atoms with Crippen molar-refractivity contribution in [3.05, 3.63) is 157 Å². The van der Waals surface area contributed by atoms with Crippen molar-refractivity contribution >= 4 is 56.4 Å². The third kappa shape index (κ3) is 4.53. The van der Waals surface area contributed by atoms with Gasteiger partial charge in [-0.25, -0.2) is 4.98 Å². The van der Waals surface area contributed by atoms with Crippen LogP contribution in [0, 0.1) is 0 Å². The van der Waals surface area contributed by atoms with Crippen molar-refractivity contribution in [2.24, 2.45) is 0 Å². The molecular weight excluding hydrogens is 611 g/mol. The molecule has 6 heteroatoms. The van der Waals surface area contributed by atoms with Gasteiger partial charge in [0, 0.05) is 26.6 Å². The lowest BCUT2D eigenvalue weighted by molar-refractivity contribution is 0.259. The maximum absolute atomic E-state index is 6.30. The molecule has 0 radical (unpaired) electrons. The highest BCUT2D eigenvalue weighted by atomic mass is 32.2. The van der Waals surface area contributed by atoms with Gasteiger partial charge in [-0.3, -0.25) is 0 Å². The lowest BCUT2D eigenvalue weighted by Gasteiger charge is -2.33. The SMILES string of the molecule is c1ccc2c(c1)NC(c1ccc3c(c1)Sc1cc(-c4nc5ccccc5o4)ccc1N3c1ccc(-c3ccc4ccccc4c3)cc1)O2. The van der Waals surface area contributed by atoms with Crippen LogP contribution in [0.2, 0.25) is 0 Å². The summed E-state index contributed by atoms with van der Waals surface area (Å²) < 4.78 is 12.5. The fourth-order valence-corrected chi connectivity index (χ4v) is 7.85. The zero-order valence-electron chi connectivity index (χ0n) is 25.6. The highest BCUT2D eigenvalue weighted by Gasteiger charge is 2.29. The quantitative estimate of drug-likeness (QED) is 0.207. The second-order valence-corrected chi connectivity index (χ2v) is 13.2. The molecule has 7 aromatic carbocycles. The van der Waals surface area contributed by atoms with Crippen LogP contribution in [-0.4, -0.2) is 4.98 Å². The molecule has 0 amide bonds. The summed E-state index contributed by atoms with van der Waals surface area (Å²) in [5.41, 5.74) is 10.4. The normalized spacial score (nSPS) is 14.7. The van der Waals surface area contributed by atoms with Gasteiger partial charge < -0.3 is 19.4 Å². The van der Waals surface area contributed by atoms with Gasteiger partial charge >= 0.3 is 0 Å². The number of aromatic nitrogens is 1. The summed E-state index contributed by atoms with van der Waals surface area (Å²) >= 11 is 1.76. The van der Waals surface area contributed by atoms with Crippen LogP contribution in [0.3, 0.4) is 0 Å². The predicted octanol–water partition coefficient (Wildman–Crippen LogP) is 11.8. The van der Waals surface area contributed by atoms with Gasteiger partial charge in [-0.05, 0) is 94.7 Å². The van der Waals surface area contributed by atoms with Crippen LogP contribution in [0.15, 0.2) is 166 Å². The van der Waals surface area contributed by atoms with Crippen LogP contribution in [0.25, 0.3) is 44.5 Å². The molecule has 0 fully saturated rings. The number of ether oxygens (including phenoxy) is 1. The van der Waals surface area contributed by atoms with E-state index in [1.54, 1.807) is 11.8 Å². The molecule has 2 aliphatic heterocycles. The molecule has 0 aliphatic carbocycles. The van der Waals surface area contributed by atoms with E-state index in [-0.39, 0.29) is 6.23 Å². The zero-order valence-corrected chi connectivity index (χ0v) is 26.4.